The molecule has 2 unspecified atom stereocenters. The van der Waals surface area contributed by atoms with Crippen molar-refractivity contribution in [2.24, 2.45) is 0 Å². The monoisotopic (exact) mass is 288 g/mol. The molecule has 0 aromatic heterocycles. The molecule has 0 bridgehead atoms. The van der Waals surface area contributed by atoms with Crippen molar-refractivity contribution >= 4 is 15.9 Å². The minimum Gasteiger partial charge on any atom is -0.207 e. The van der Waals surface area contributed by atoms with Gasteiger partial charge in [-0.25, -0.2) is 8.78 Å². The predicted octanol–water partition coefficient (Wildman–Crippen LogP) is 4.78. The third-order valence-electron chi connectivity index (χ3n) is 3.26. The zero-order valence-corrected chi connectivity index (χ0v) is 10.6. The highest BCUT2D eigenvalue weighted by atomic mass is 79.9. The quantitative estimate of drug-likeness (QED) is 0.515. The second kappa shape index (κ2) is 5.26. The summed E-state index contributed by atoms with van der Waals surface area (Å²) in [4.78, 5) is 0.462. The van der Waals surface area contributed by atoms with Gasteiger partial charge in [0.25, 0.3) is 0 Å². The van der Waals surface area contributed by atoms with E-state index in [1.165, 1.54) is 12.5 Å². The molecule has 3 heteroatoms. The van der Waals surface area contributed by atoms with E-state index in [1.807, 2.05) is 0 Å². The first-order valence-electron chi connectivity index (χ1n) is 5.76. The Morgan fingerprint density at radius 3 is 2.62 bits per heavy atom. The minimum absolute atomic E-state index is 0.229. The highest BCUT2D eigenvalue weighted by Gasteiger charge is 2.22. The van der Waals surface area contributed by atoms with Gasteiger partial charge in [-0.2, -0.15) is 0 Å². The molecule has 1 saturated carbocycles. The van der Waals surface area contributed by atoms with Gasteiger partial charge in [0.15, 0.2) is 0 Å². The number of alkyl halides is 1. The zero-order chi connectivity index (χ0) is 11.5. The molecule has 1 aromatic rings. The number of rotatable bonds is 1. The number of halogens is 3. The SMILES string of the molecule is Fc1ccc(C2CCCCC(Br)C2)c(F)c1. The molecule has 0 nitrogen and oxygen atoms in total. The van der Waals surface area contributed by atoms with E-state index in [9.17, 15) is 8.78 Å². The third-order valence-corrected chi connectivity index (χ3v) is 4.09. The highest BCUT2D eigenvalue weighted by molar-refractivity contribution is 9.09. The Hall–Kier alpha value is -0.440. The lowest BCUT2D eigenvalue weighted by atomic mass is 9.91. The van der Waals surface area contributed by atoms with E-state index >= 15 is 0 Å². The van der Waals surface area contributed by atoms with E-state index in [1.54, 1.807) is 6.07 Å². The average molecular weight is 289 g/mol. The van der Waals surface area contributed by atoms with Crippen LogP contribution < -0.4 is 0 Å². The fraction of sp³-hybridized carbons (Fsp3) is 0.538. The molecule has 2 atom stereocenters. The van der Waals surface area contributed by atoms with Gasteiger partial charge in [-0.1, -0.05) is 34.8 Å². The summed E-state index contributed by atoms with van der Waals surface area (Å²) < 4.78 is 26.5. The van der Waals surface area contributed by atoms with Crippen molar-refractivity contribution < 1.29 is 8.78 Å². The summed E-state index contributed by atoms with van der Waals surface area (Å²) in [6, 6.07) is 3.94. The van der Waals surface area contributed by atoms with Crippen LogP contribution in [0.3, 0.4) is 0 Å². The lowest BCUT2D eigenvalue weighted by Gasteiger charge is -2.17. The van der Waals surface area contributed by atoms with Crippen LogP contribution in [0.25, 0.3) is 0 Å². The molecule has 0 amide bonds. The lowest BCUT2D eigenvalue weighted by molar-refractivity contribution is 0.527. The maximum Gasteiger partial charge on any atom is 0.129 e. The fourth-order valence-electron chi connectivity index (χ4n) is 2.42. The van der Waals surface area contributed by atoms with Crippen molar-refractivity contribution in [3.8, 4) is 0 Å². The molecule has 1 aliphatic carbocycles. The van der Waals surface area contributed by atoms with Crippen molar-refractivity contribution in [1.82, 2.24) is 0 Å². The van der Waals surface area contributed by atoms with Crippen LogP contribution in [0, 0.1) is 11.6 Å². The summed E-state index contributed by atoms with van der Waals surface area (Å²) in [7, 11) is 0. The molecule has 1 fully saturated rings. The Morgan fingerprint density at radius 1 is 1.12 bits per heavy atom. The number of benzene rings is 1. The van der Waals surface area contributed by atoms with Gasteiger partial charge in [0, 0.05) is 10.9 Å². The minimum atomic E-state index is -0.495. The summed E-state index contributed by atoms with van der Waals surface area (Å²) in [5.41, 5.74) is 0.674. The van der Waals surface area contributed by atoms with Gasteiger partial charge >= 0.3 is 0 Å². The number of hydrogen-bond acceptors (Lipinski definition) is 0. The van der Waals surface area contributed by atoms with E-state index in [-0.39, 0.29) is 5.92 Å². The van der Waals surface area contributed by atoms with Crippen molar-refractivity contribution in [2.75, 3.05) is 0 Å². The van der Waals surface area contributed by atoms with Gasteiger partial charge < -0.3 is 0 Å². The van der Waals surface area contributed by atoms with Crippen molar-refractivity contribution in [3.63, 3.8) is 0 Å². The maximum absolute atomic E-state index is 13.6. The first kappa shape index (κ1) is 12.0. The van der Waals surface area contributed by atoms with Gasteiger partial charge in [-0.05, 0) is 36.8 Å². The van der Waals surface area contributed by atoms with Crippen LogP contribution in [0.5, 0.6) is 0 Å². The summed E-state index contributed by atoms with van der Waals surface area (Å²) in [6.45, 7) is 0. The van der Waals surface area contributed by atoms with E-state index in [0.29, 0.717) is 10.4 Å². The Bertz CT molecular complexity index is 365. The average Bonchev–Trinajstić information content (AvgIpc) is 2.43. The number of hydrogen-bond donors (Lipinski definition) is 0. The normalized spacial score (nSPS) is 26.4. The molecule has 0 radical (unpaired) electrons. The molecule has 0 saturated heterocycles. The maximum atomic E-state index is 13.6. The van der Waals surface area contributed by atoms with Crippen LogP contribution in [0.1, 0.15) is 43.6 Å². The van der Waals surface area contributed by atoms with Crippen LogP contribution in [-0.2, 0) is 0 Å². The smallest absolute Gasteiger partial charge is 0.129 e. The van der Waals surface area contributed by atoms with Crippen molar-refractivity contribution in [1.29, 1.82) is 0 Å². The molecule has 0 N–H and O–H groups in total. The Kier molecular flexibility index (Phi) is 3.95. The molecule has 0 heterocycles. The second-order valence-electron chi connectivity index (χ2n) is 4.48. The van der Waals surface area contributed by atoms with Gasteiger partial charge in [0.1, 0.15) is 11.6 Å². The van der Waals surface area contributed by atoms with Crippen molar-refractivity contribution in [3.05, 3.63) is 35.4 Å². The van der Waals surface area contributed by atoms with Crippen molar-refractivity contribution in [2.45, 2.75) is 42.8 Å². The Morgan fingerprint density at radius 2 is 1.88 bits per heavy atom. The Balaban J connectivity index is 2.21. The van der Waals surface area contributed by atoms with E-state index in [0.717, 1.165) is 31.7 Å². The fourth-order valence-corrected chi connectivity index (χ4v) is 3.19. The summed E-state index contributed by atoms with van der Waals surface area (Å²) in [6.07, 6.45) is 5.42. The first-order chi connectivity index (χ1) is 7.66. The van der Waals surface area contributed by atoms with Crippen LogP contribution in [-0.4, -0.2) is 4.83 Å². The summed E-state index contributed by atoms with van der Waals surface area (Å²) >= 11 is 3.62. The van der Waals surface area contributed by atoms with Gasteiger partial charge in [-0.3, -0.25) is 0 Å². The molecule has 16 heavy (non-hydrogen) atoms. The van der Waals surface area contributed by atoms with Gasteiger partial charge in [-0.15, -0.1) is 0 Å². The largest absolute Gasteiger partial charge is 0.207 e. The molecule has 88 valence electrons. The summed E-state index contributed by atoms with van der Waals surface area (Å²) in [5, 5.41) is 0. The third kappa shape index (κ3) is 2.82. The Labute approximate surface area is 103 Å². The van der Waals surface area contributed by atoms with E-state index < -0.39 is 11.6 Å². The van der Waals surface area contributed by atoms with Crippen LogP contribution in [0.2, 0.25) is 0 Å². The van der Waals surface area contributed by atoms with E-state index in [2.05, 4.69) is 15.9 Å². The standard InChI is InChI=1S/C13H15BrF2/c14-10-4-2-1-3-9(7-10)12-6-5-11(15)8-13(12)16/h5-6,8-10H,1-4,7H2. The highest BCUT2D eigenvalue weighted by Crippen LogP contribution is 2.35. The second-order valence-corrected chi connectivity index (χ2v) is 5.78. The molecular weight excluding hydrogens is 274 g/mol. The molecule has 0 aliphatic heterocycles. The topological polar surface area (TPSA) is 0 Å². The molecule has 1 aliphatic rings. The van der Waals surface area contributed by atoms with Crippen LogP contribution in [0.15, 0.2) is 18.2 Å². The molecule has 1 aromatic carbocycles. The zero-order valence-electron chi connectivity index (χ0n) is 9.06. The van der Waals surface area contributed by atoms with E-state index in [4.69, 9.17) is 0 Å². The molecular formula is C13H15BrF2. The lowest BCUT2D eigenvalue weighted by Crippen LogP contribution is -2.06. The summed E-state index contributed by atoms with van der Waals surface area (Å²) in [5.74, 6) is -0.663. The predicted molar refractivity (Wildman–Crippen MR) is 64.9 cm³/mol. The van der Waals surface area contributed by atoms with Crippen LogP contribution in [0.4, 0.5) is 8.78 Å². The van der Waals surface area contributed by atoms with Crippen LogP contribution >= 0.6 is 15.9 Å². The molecule has 0 spiro atoms. The molecule has 2 rings (SSSR count). The first-order valence-corrected chi connectivity index (χ1v) is 6.67. The van der Waals surface area contributed by atoms with Gasteiger partial charge in [0.05, 0.1) is 0 Å². The van der Waals surface area contributed by atoms with Gasteiger partial charge in [0.2, 0.25) is 0 Å².